The van der Waals surface area contributed by atoms with Gasteiger partial charge in [0.25, 0.3) is 5.91 Å². The minimum atomic E-state index is -3.85. The van der Waals surface area contributed by atoms with E-state index in [9.17, 15) is 32.0 Å². The molecular formula is C38H41BrFN9O8S. The largest absolute Gasteiger partial charge is 0.379 e. The van der Waals surface area contributed by atoms with Crippen LogP contribution < -0.4 is 32.1 Å². The van der Waals surface area contributed by atoms with Crippen LogP contribution in [0.5, 0.6) is 0 Å². The summed E-state index contributed by atoms with van der Waals surface area (Å²) in [5.41, 5.74) is 8.30. The summed E-state index contributed by atoms with van der Waals surface area (Å²) in [6.07, 6.45) is 3.32. The first kappa shape index (κ1) is 42.1. The summed E-state index contributed by atoms with van der Waals surface area (Å²) in [6.45, 7) is 2.96. The monoisotopic (exact) mass is 881 g/mol. The first-order chi connectivity index (χ1) is 27.7. The number of benzene rings is 3. The van der Waals surface area contributed by atoms with E-state index in [1.165, 1.54) is 39.6 Å². The summed E-state index contributed by atoms with van der Waals surface area (Å²) >= 11 is 3.34. The number of sulfonamides is 1. The van der Waals surface area contributed by atoms with E-state index in [1.807, 2.05) is 18.2 Å². The van der Waals surface area contributed by atoms with Gasteiger partial charge in [-0.1, -0.05) is 12.1 Å². The van der Waals surface area contributed by atoms with Gasteiger partial charge in [-0.2, -0.15) is 4.98 Å². The number of imidazole rings is 1. The third-order valence-corrected chi connectivity index (χ3v) is 11.4. The van der Waals surface area contributed by atoms with Crippen LogP contribution in [0.4, 0.5) is 27.5 Å². The first-order valence-electron chi connectivity index (χ1n) is 18.2. The highest BCUT2D eigenvalue weighted by molar-refractivity contribution is 9.10. The molecular weight excluding hydrogens is 841 g/mol. The van der Waals surface area contributed by atoms with E-state index < -0.39 is 33.7 Å². The molecule has 0 aliphatic carbocycles. The van der Waals surface area contributed by atoms with E-state index >= 15 is 0 Å². The van der Waals surface area contributed by atoms with E-state index in [0.717, 1.165) is 11.6 Å². The SMILES string of the molecule is Cc1cc(S(=O)(=O)NCCOCCOCCCc2ccc3c(c2)n(C)c(=O)n3C2CCC(=O)NC2=O)ccc1Nc1ncc(Br)c(Nc2cccc(F)c2C(N)=O)n1. The number of ether oxygens (including phenoxy) is 2. The molecule has 1 fully saturated rings. The second-order valence-electron chi connectivity index (χ2n) is 13.4. The lowest BCUT2D eigenvalue weighted by Gasteiger charge is -2.21. The summed E-state index contributed by atoms with van der Waals surface area (Å²) in [4.78, 5) is 57.5. The van der Waals surface area contributed by atoms with Crippen molar-refractivity contribution < 1.29 is 36.7 Å². The average molecular weight is 883 g/mol. The number of nitrogens with zero attached hydrogens (tertiary/aromatic N) is 4. The lowest BCUT2D eigenvalue weighted by atomic mass is 10.1. The number of primary amides is 1. The summed E-state index contributed by atoms with van der Waals surface area (Å²) in [5.74, 6) is -2.17. The number of nitrogens with one attached hydrogen (secondary N) is 4. The van der Waals surface area contributed by atoms with Crippen molar-refractivity contribution in [2.75, 3.05) is 43.6 Å². The molecule has 5 aromatic rings. The van der Waals surface area contributed by atoms with E-state index in [2.05, 4.69) is 46.6 Å². The highest BCUT2D eigenvalue weighted by Crippen LogP contribution is 2.29. The molecule has 0 spiro atoms. The fourth-order valence-electron chi connectivity index (χ4n) is 6.41. The molecule has 1 atom stereocenters. The van der Waals surface area contributed by atoms with Crippen LogP contribution in [0.1, 0.15) is 46.8 Å². The minimum Gasteiger partial charge on any atom is -0.379 e. The Morgan fingerprint density at radius 2 is 1.79 bits per heavy atom. The van der Waals surface area contributed by atoms with E-state index in [4.69, 9.17) is 15.2 Å². The Kier molecular flexibility index (Phi) is 13.3. The molecule has 20 heteroatoms. The molecule has 0 bridgehead atoms. The van der Waals surface area contributed by atoms with Gasteiger partial charge in [-0.15, -0.1) is 0 Å². The molecule has 3 amide bonds. The van der Waals surface area contributed by atoms with Gasteiger partial charge < -0.3 is 25.8 Å². The van der Waals surface area contributed by atoms with Crippen LogP contribution in [-0.2, 0) is 42.6 Å². The lowest BCUT2D eigenvalue weighted by Crippen LogP contribution is -2.44. The lowest BCUT2D eigenvalue weighted by molar-refractivity contribution is -0.135. The van der Waals surface area contributed by atoms with Gasteiger partial charge >= 0.3 is 5.69 Å². The number of carbonyl (C=O) groups is 3. The number of aromatic nitrogens is 4. The molecule has 6 rings (SSSR count). The van der Waals surface area contributed by atoms with Crippen LogP contribution in [0.3, 0.4) is 0 Å². The number of piperidine rings is 1. The molecule has 2 aromatic heterocycles. The average Bonchev–Trinajstić information content (AvgIpc) is 3.42. The Bertz CT molecular complexity index is 2550. The summed E-state index contributed by atoms with van der Waals surface area (Å²) in [5, 5.41) is 8.25. The molecule has 6 N–H and O–H groups in total. The van der Waals surface area contributed by atoms with Gasteiger partial charge in [0, 0.05) is 38.5 Å². The number of aryl methyl sites for hydroxylation is 3. The van der Waals surface area contributed by atoms with Crippen LogP contribution >= 0.6 is 15.9 Å². The van der Waals surface area contributed by atoms with Gasteiger partial charge in [0.15, 0.2) is 0 Å². The van der Waals surface area contributed by atoms with Crippen LogP contribution in [-0.4, -0.2) is 78.2 Å². The van der Waals surface area contributed by atoms with Crippen LogP contribution in [0, 0.1) is 12.7 Å². The Labute approximate surface area is 340 Å². The molecule has 306 valence electrons. The fraction of sp³-hybridized carbons (Fsp3) is 0.316. The number of hydrogen-bond donors (Lipinski definition) is 5. The maximum absolute atomic E-state index is 14.3. The topological polar surface area (TPSA) is 231 Å². The summed E-state index contributed by atoms with van der Waals surface area (Å²) < 4.78 is 57.4. The molecule has 3 aromatic carbocycles. The summed E-state index contributed by atoms with van der Waals surface area (Å²) in [6, 6.07) is 13.5. The number of anilines is 4. The number of rotatable bonds is 18. The van der Waals surface area contributed by atoms with Crippen LogP contribution in [0.25, 0.3) is 11.0 Å². The third kappa shape index (κ3) is 9.76. The molecule has 1 aliphatic rings. The number of halogens is 2. The zero-order valence-electron chi connectivity index (χ0n) is 31.5. The number of amides is 3. The Morgan fingerprint density at radius 1 is 1.02 bits per heavy atom. The van der Waals surface area contributed by atoms with Gasteiger partial charge in [0.05, 0.1) is 51.5 Å². The molecule has 1 saturated heterocycles. The first-order valence-corrected chi connectivity index (χ1v) is 20.5. The predicted molar refractivity (Wildman–Crippen MR) is 216 cm³/mol. The second kappa shape index (κ2) is 18.4. The highest BCUT2D eigenvalue weighted by Gasteiger charge is 2.31. The van der Waals surface area contributed by atoms with Crippen molar-refractivity contribution in [1.82, 2.24) is 29.1 Å². The fourth-order valence-corrected chi connectivity index (χ4v) is 7.80. The molecule has 17 nitrogen and oxygen atoms in total. The Hall–Kier alpha value is -5.54. The molecule has 0 radical (unpaired) electrons. The highest BCUT2D eigenvalue weighted by atomic mass is 79.9. The van der Waals surface area contributed by atoms with Gasteiger partial charge in [-0.25, -0.2) is 27.3 Å². The van der Waals surface area contributed by atoms with Crippen molar-refractivity contribution in [2.45, 2.75) is 43.5 Å². The van der Waals surface area contributed by atoms with Crippen molar-refractivity contribution in [3.63, 3.8) is 0 Å². The standard InChI is InChI=1S/C38H41BrFN9O8S/c1-22-19-24(9-10-27(22)45-37-42-21-25(39)35(47-37)44-28-7-3-6-26(40)33(28)34(41)51)58(54,55)43-14-16-57-18-17-56-15-4-5-23-8-11-29-31(20-23)48(2)38(53)49(29)30-12-13-32(50)46-36(30)52/h3,6-11,19-21,30,43H,4-5,12-18H2,1-2H3,(H2,41,51)(H,46,50,52)(H2,42,44,45,47). The molecule has 3 heterocycles. The molecule has 1 aliphatic heterocycles. The molecule has 1 unspecified atom stereocenters. The van der Waals surface area contributed by atoms with Crippen molar-refractivity contribution in [1.29, 1.82) is 0 Å². The maximum Gasteiger partial charge on any atom is 0.329 e. The van der Waals surface area contributed by atoms with Gasteiger partial charge in [-0.3, -0.25) is 28.8 Å². The zero-order valence-corrected chi connectivity index (χ0v) is 33.9. The van der Waals surface area contributed by atoms with Crippen molar-refractivity contribution >= 4 is 77.8 Å². The third-order valence-electron chi connectivity index (χ3n) is 9.35. The Balaban J connectivity index is 0.912. The van der Waals surface area contributed by atoms with Crippen molar-refractivity contribution in [3.8, 4) is 0 Å². The van der Waals surface area contributed by atoms with Crippen molar-refractivity contribution in [3.05, 3.63) is 98.3 Å². The second-order valence-corrected chi connectivity index (χ2v) is 16.0. The van der Waals surface area contributed by atoms with Gasteiger partial charge in [0.2, 0.25) is 27.8 Å². The van der Waals surface area contributed by atoms with Crippen LogP contribution in [0.15, 0.2) is 75.0 Å². The summed E-state index contributed by atoms with van der Waals surface area (Å²) in [7, 11) is -2.19. The number of hydrogen-bond acceptors (Lipinski definition) is 12. The van der Waals surface area contributed by atoms with Gasteiger partial charge in [-0.05, 0) is 95.7 Å². The quantitative estimate of drug-likeness (QED) is 0.0625. The normalized spacial score (nSPS) is 14.4. The number of nitrogens with two attached hydrogens (primary N) is 1. The van der Waals surface area contributed by atoms with Gasteiger partial charge in [0.1, 0.15) is 17.7 Å². The maximum atomic E-state index is 14.3. The molecule has 58 heavy (non-hydrogen) atoms. The zero-order chi connectivity index (χ0) is 41.6. The Morgan fingerprint density at radius 3 is 2.53 bits per heavy atom. The van der Waals surface area contributed by atoms with E-state index in [-0.39, 0.29) is 72.1 Å². The number of imide groups is 1. The van der Waals surface area contributed by atoms with Crippen molar-refractivity contribution in [2.24, 2.45) is 12.8 Å². The number of carbonyl (C=O) groups excluding carboxylic acids is 3. The predicted octanol–water partition coefficient (Wildman–Crippen LogP) is 3.85. The number of fused-ring (bicyclic) bond motifs is 1. The van der Waals surface area contributed by atoms with E-state index in [1.54, 1.807) is 20.0 Å². The van der Waals surface area contributed by atoms with Crippen LogP contribution in [0.2, 0.25) is 0 Å². The smallest absolute Gasteiger partial charge is 0.329 e. The molecule has 0 saturated carbocycles. The minimum absolute atomic E-state index is 0.0446. The van der Waals surface area contributed by atoms with E-state index in [0.29, 0.717) is 52.8 Å².